The molecule has 1 saturated carbocycles. The molecule has 0 bridgehead atoms. The molecule has 1 aromatic carbocycles. The van der Waals surface area contributed by atoms with Gasteiger partial charge in [0.25, 0.3) is 0 Å². The van der Waals surface area contributed by atoms with Crippen LogP contribution in [0.5, 0.6) is 0 Å². The van der Waals surface area contributed by atoms with Gasteiger partial charge in [0.15, 0.2) is 0 Å². The Balaban J connectivity index is 0.00000225. The summed E-state index contributed by atoms with van der Waals surface area (Å²) in [5, 5.41) is 5.51. The molecule has 0 radical (unpaired) electrons. The van der Waals surface area contributed by atoms with Crippen molar-refractivity contribution in [2.45, 2.75) is 43.7 Å². The molecule has 2 aliphatic rings. The van der Waals surface area contributed by atoms with Crippen LogP contribution >= 0.6 is 12.4 Å². The highest BCUT2D eigenvalue weighted by atomic mass is 35.5. The van der Waals surface area contributed by atoms with Crippen molar-refractivity contribution < 1.29 is 14.0 Å². The second-order valence-corrected chi connectivity index (χ2v) is 6.71. The lowest BCUT2D eigenvalue weighted by molar-refractivity contribution is -0.135. The number of rotatable bonds is 3. The summed E-state index contributed by atoms with van der Waals surface area (Å²) in [5.74, 6) is -0.350. The Morgan fingerprint density at radius 3 is 2.48 bits per heavy atom. The molecule has 0 aromatic heterocycles. The SMILES string of the molecule is Cl.NC1(C(=O)N2CCC(NC(=O)Nc3ccc(F)cc3)C2)CCCC1. The largest absolute Gasteiger partial charge is 0.339 e. The molecule has 2 fully saturated rings. The highest BCUT2D eigenvalue weighted by molar-refractivity contribution is 5.90. The summed E-state index contributed by atoms with van der Waals surface area (Å²) in [6.07, 6.45) is 4.19. The normalized spacial score (nSPS) is 21.5. The van der Waals surface area contributed by atoms with Crippen LogP contribution in [-0.2, 0) is 4.79 Å². The van der Waals surface area contributed by atoms with E-state index in [4.69, 9.17) is 5.73 Å². The van der Waals surface area contributed by atoms with Crippen LogP contribution in [-0.4, -0.2) is 41.5 Å². The topological polar surface area (TPSA) is 87.5 Å². The molecule has 3 amide bonds. The first-order valence-corrected chi connectivity index (χ1v) is 8.38. The van der Waals surface area contributed by atoms with Crippen LogP contribution in [0.15, 0.2) is 24.3 Å². The number of nitrogens with zero attached hydrogens (tertiary/aromatic N) is 1. The molecule has 1 heterocycles. The minimum Gasteiger partial charge on any atom is -0.339 e. The number of likely N-dealkylation sites (tertiary alicyclic amines) is 1. The molecule has 25 heavy (non-hydrogen) atoms. The molecule has 138 valence electrons. The Morgan fingerprint density at radius 2 is 1.84 bits per heavy atom. The van der Waals surface area contributed by atoms with E-state index in [2.05, 4.69) is 10.6 Å². The molecule has 1 aromatic rings. The van der Waals surface area contributed by atoms with E-state index in [1.807, 2.05) is 0 Å². The van der Waals surface area contributed by atoms with E-state index in [9.17, 15) is 14.0 Å². The number of amides is 3. The predicted octanol–water partition coefficient (Wildman–Crippen LogP) is 2.24. The lowest BCUT2D eigenvalue weighted by Gasteiger charge is -2.28. The van der Waals surface area contributed by atoms with Crippen molar-refractivity contribution in [3.05, 3.63) is 30.1 Å². The minimum absolute atomic E-state index is 0. The predicted molar refractivity (Wildman–Crippen MR) is 96.2 cm³/mol. The number of anilines is 1. The van der Waals surface area contributed by atoms with Gasteiger partial charge in [-0.1, -0.05) is 12.8 Å². The summed E-state index contributed by atoms with van der Waals surface area (Å²) in [7, 11) is 0. The third kappa shape index (κ3) is 4.61. The molecular weight excluding hydrogens is 347 g/mol. The monoisotopic (exact) mass is 370 g/mol. The summed E-state index contributed by atoms with van der Waals surface area (Å²) in [5.41, 5.74) is 6.03. The Bertz CT molecular complexity index is 620. The van der Waals surface area contributed by atoms with Crippen molar-refractivity contribution in [1.82, 2.24) is 10.2 Å². The average Bonchev–Trinajstić information content (AvgIpc) is 3.19. The third-order valence-corrected chi connectivity index (χ3v) is 4.83. The van der Waals surface area contributed by atoms with Gasteiger partial charge in [-0.2, -0.15) is 0 Å². The molecule has 1 atom stereocenters. The van der Waals surface area contributed by atoms with Crippen LogP contribution in [0, 0.1) is 5.82 Å². The van der Waals surface area contributed by atoms with Gasteiger partial charge in [0.05, 0.1) is 5.54 Å². The summed E-state index contributed by atoms with van der Waals surface area (Å²) in [4.78, 5) is 26.3. The second-order valence-electron chi connectivity index (χ2n) is 6.71. The Morgan fingerprint density at radius 1 is 1.20 bits per heavy atom. The summed E-state index contributed by atoms with van der Waals surface area (Å²) in [6.45, 7) is 1.09. The van der Waals surface area contributed by atoms with Crippen LogP contribution in [0.1, 0.15) is 32.1 Å². The number of benzene rings is 1. The first-order valence-electron chi connectivity index (χ1n) is 8.38. The van der Waals surface area contributed by atoms with E-state index in [0.717, 1.165) is 25.7 Å². The lowest BCUT2D eigenvalue weighted by atomic mass is 9.97. The number of carbonyl (C=O) groups excluding carboxylic acids is 2. The van der Waals surface area contributed by atoms with Crippen molar-refractivity contribution in [3.8, 4) is 0 Å². The highest BCUT2D eigenvalue weighted by Crippen LogP contribution is 2.30. The molecule has 8 heteroatoms. The number of carbonyl (C=O) groups is 2. The van der Waals surface area contributed by atoms with Gasteiger partial charge in [-0.3, -0.25) is 4.79 Å². The van der Waals surface area contributed by atoms with Gasteiger partial charge in [-0.05, 0) is 43.5 Å². The second kappa shape index (κ2) is 8.01. The molecule has 1 aliphatic heterocycles. The van der Waals surface area contributed by atoms with Crippen molar-refractivity contribution >= 4 is 30.0 Å². The average molecular weight is 371 g/mol. The smallest absolute Gasteiger partial charge is 0.319 e. The van der Waals surface area contributed by atoms with Crippen LogP contribution in [0.3, 0.4) is 0 Å². The zero-order valence-corrected chi connectivity index (χ0v) is 14.8. The van der Waals surface area contributed by atoms with Crippen LogP contribution in [0.25, 0.3) is 0 Å². The van der Waals surface area contributed by atoms with Crippen molar-refractivity contribution in [2.75, 3.05) is 18.4 Å². The lowest BCUT2D eigenvalue weighted by Crippen LogP contribution is -2.53. The quantitative estimate of drug-likeness (QED) is 0.762. The van der Waals surface area contributed by atoms with E-state index >= 15 is 0 Å². The summed E-state index contributed by atoms with van der Waals surface area (Å²) < 4.78 is 12.9. The first kappa shape index (κ1) is 19.5. The Kier molecular flexibility index (Phi) is 6.24. The molecule has 4 N–H and O–H groups in total. The third-order valence-electron chi connectivity index (χ3n) is 4.83. The van der Waals surface area contributed by atoms with E-state index in [1.54, 1.807) is 4.90 Å². The Labute approximate surface area is 152 Å². The van der Waals surface area contributed by atoms with E-state index < -0.39 is 5.54 Å². The highest BCUT2D eigenvalue weighted by Gasteiger charge is 2.41. The Hall–Kier alpha value is -1.86. The molecule has 3 rings (SSSR count). The van der Waals surface area contributed by atoms with Crippen molar-refractivity contribution in [2.24, 2.45) is 5.73 Å². The fourth-order valence-corrected chi connectivity index (χ4v) is 3.48. The van der Waals surface area contributed by atoms with E-state index in [-0.39, 0.29) is 36.2 Å². The zero-order valence-electron chi connectivity index (χ0n) is 14.0. The number of hydrogen-bond donors (Lipinski definition) is 3. The standard InChI is InChI=1S/C17H23FN4O2.ClH/c18-12-3-5-13(6-4-12)20-16(24)21-14-7-10-22(11-14)15(23)17(19)8-1-2-9-17;/h3-6,14H,1-2,7-11,19H2,(H2,20,21,24);1H. The minimum atomic E-state index is -0.717. The van der Waals surface area contributed by atoms with Crippen molar-refractivity contribution in [1.29, 1.82) is 0 Å². The fraction of sp³-hybridized carbons (Fsp3) is 0.529. The molecule has 1 aliphatic carbocycles. The van der Waals surface area contributed by atoms with Crippen molar-refractivity contribution in [3.63, 3.8) is 0 Å². The number of hydrogen-bond acceptors (Lipinski definition) is 3. The molecule has 1 unspecified atom stereocenters. The maximum Gasteiger partial charge on any atom is 0.319 e. The van der Waals surface area contributed by atoms with Crippen LogP contribution < -0.4 is 16.4 Å². The van der Waals surface area contributed by atoms with E-state index in [0.29, 0.717) is 25.2 Å². The van der Waals surface area contributed by atoms with Gasteiger partial charge in [-0.15, -0.1) is 12.4 Å². The molecule has 0 spiro atoms. The summed E-state index contributed by atoms with van der Waals surface area (Å²) >= 11 is 0. The van der Waals surface area contributed by atoms with Gasteiger partial charge >= 0.3 is 6.03 Å². The number of nitrogens with two attached hydrogens (primary N) is 1. The number of halogens is 2. The van der Waals surface area contributed by atoms with Gasteiger partial charge < -0.3 is 21.3 Å². The maximum atomic E-state index is 12.9. The zero-order chi connectivity index (χ0) is 17.2. The molecular formula is C17H24ClFN4O2. The molecule has 1 saturated heterocycles. The fourth-order valence-electron chi connectivity index (χ4n) is 3.48. The van der Waals surface area contributed by atoms with E-state index in [1.165, 1.54) is 24.3 Å². The number of nitrogens with one attached hydrogen (secondary N) is 2. The van der Waals surface area contributed by atoms with Crippen LogP contribution in [0.2, 0.25) is 0 Å². The van der Waals surface area contributed by atoms with Crippen LogP contribution in [0.4, 0.5) is 14.9 Å². The molecule has 6 nitrogen and oxygen atoms in total. The van der Waals surface area contributed by atoms with Gasteiger partial charge in [0.1, 0.15) is 5.82 Å². The van der Waals surface area contributed by atoms with Gasteiger partial charge in [0.2, 0.25) is 5.91 Å². The van der Waals surface area contributed by atoms with Gasteiger partial charge in [0, 0.05) is 24.8 Å². The maximum absolute atomic E-state index is 12.9. The first-order chi connectivity index (χ1) is 11.5. The summed E-state index contributed by atoms with van der Waals surface area (Å²) in [6, 6.07) is 5.11. The van der Waals surface area contributed by atoms with Gasteiger partial charge in [-0.25, -0.2) is 9.18 Å². The number of urea groups is 1.